The van der Waals surface area contributed by atoms with Crippen molar-refractivity contribution in [3.05, 3.63) is 41.5 Å². The van der Waals surface area contributed by atoms with Crippen LogP contribution < -0.4 is 5.73 Å². The van der Waals surface area contributed by atoms with Crippen LogP contribution in [0, 0.1) is 0 Å². The minimum Gasteiger partial charge on any atom is -0.382 e. The largest absolute Gasteiger partial charge is 0.416 e. The van der Waals surface area contributed by atoms with E-state index in [2.05, 4.69) is 10.2 Å². The van der Waals surface area contributed by atoms with Crippen LogP contribution in [0.25, 0.3) is 11.3 Å². The van der Waals surface area contributed by atoms with Gasteiger partial charge in [0, 0.05) is 5.56 Å². The van der Waals surface area contributed by atoms with Crippen LogP contribution in [0.15, 0.2) is 30.3 Å². The highest BCUT2D eigenvalue weighted by molar-refractivity contribution is 5.62. The monoisotopic (exact) mass is 307 g/mol. The molecule has 0 radical (unpaired) electrons. The maximum atomic E-state index is 12.7. The second-order valence-electron chi connectivity index (χ2n) is 4.14. The van der Waals surface area contributed by atoms with Crippen molar-refractivity contribution in [3.8, 4) is 11.3 Å². The van der Waals surface area contributed by atoms with Crippen molar-refractivity contribution in [1.82, 2.24) is 10.2 Å². The van der Waals surface area contributed by atoms with Gasteiger partial charge in [0.15, 0.2) is 0 Å². The summed E-state index contributed by atoms with van der Waals surface area (Å²) in [6.07, 6.45) is -9.81. The van der Waals surface area contributed by atoms with Crippen molar-refractivity contribution < 1.29 is 26.3 Å². The number of rotatable bonds is 1. The molecular weight excluding hydrogens is 300 g/mol. The van der Waals surface area contributed by atoms with E-state index in [1.807, 2.05) is 0 Å². The zero-order valence-corrected chi connectivity index (χ0v) is 10.1. The molecule has 2 aromatic rings. The normalized spacial score (nSPS) is 12.5. The Bertz CT molecular complexity index is 613. The molecule has 1 aromatic heterocycles. The first-order chi connectivity index (χ1) is 9.57. The third kappa shape index (κ3) is 3.41. The number of nitrogens with two attached hydrogens (primary N) is 1. The topological polar surface area (TPSA) is 51.8 Å². The zero-order valence-electron chi connectivity index (χ0n) is 10.1. The molecule has 0 saturated carbocycles. The summed E-state index contributed by atoms with van der Waals surface area (Å²) in [5.41, 5.74) is 1.97. The third-order valence-electron chi connectivity index (χ3n) is 2.57. The molecule has 0 saturated heterocycles. The maximum absolute atomic E-state index is 12.7. The number of nitrogens with zero attached hydrogens (tertiary/aromatic N) is 2. The first kappa shape index (κ1) is 15.1. The average molecular weight is 307 g/mol. The Hall–Kier alpha value is -2.32. The third-order valence-corrected chi connectivity index (χ3v) is 2.57. The van der Waals surface area contributed by atoms with E-state index in [1.165, 1.54) is 12.1 Å². The predicted molar refractivity (Wildman–Crippen MR) is 61.9 cm³/mol. The lowest BCUT2D eigenvalue weighted by Gasteiger charge is -2.13. The number of benzene rings is 1. The average Bonchev–Trinajstić information content (AvgIpc) is 2.37. The fourth-order valence-electron chi connectivity index (χ4n) is 1.60. The summed E-state index contributed by atoms with van der Waals surface area (Å²) < 4.78 is 76.2. The van der Waals surface area contributed by atoms with Crippen molar-refractivity contribution >= 4 is 5.82 Å². The Labute approximate surface area is 114 Å². The molecule has 3 nitrogen and oxygen atoms in total. The van der Waals surface area contributed by atoms with E-state index in [-0.39, 0.29) is 23.1 Å². The van der Waals surface area contributed by atoms with Crippen LogP contribution in [0.1, 0.15) is 11.1 Å². The Kier molecular flexibility index (Phi) is 3.52. The van der Waals surface area contributed by atoms with Crippen LogP contribution in [0.3, 0.4) is 0 Å². The summed E-state index contributed by atoms with van der Waals surface area (Å²) in [6, 6.07) is 3.63. The summed E-state index contributed by atoms with van der Waals surface area (Å²) in [4.78, 5) is 0. The van der Waals surface area contributed by atoms with E-state index in [1.54, 1.807) is 0 Å². The molecular formula is C12H7F6N3. The summed E-state index contributed by atoms with van der Waals surface area (Å²) in [5.74, 6) is 0.00164. The van der Waals surface area contributed by atoms with Crippen LogP contribution in [0.2, 0.25) is 0 Å². The highest BCUT2D eigenvalue weighted by Gasteiger charge is 2.37. The van der Waals surface area contributed by atoms with Crippen molar-refractivity contribution in [2.24, 2.45) is 0 Å². The second kappa shape index (κ2) is 4.90. The van der Waals surface area contributed by atoms with Crippen molar-refractivity contribution in [2.75, 3.05) is 5.73 Å². The highest BCUT2D eigenvalue weighted by atomic mass is 19.4. The minimum atomic E-state index is -4.91. The molecule has 0 aliphatic carbocycles. The van der Waals surface area contributed by atoms with Crippen LogP contribution in [-0.2, 0) is 12.4 Å². The Morgan fingerprint density at radius 2 is 1.29 bits per heavy atom. The number of aromatic nitrogens is 2. The summed E-state index contributed by atoms with van der Waals surface area (Å²) in [6.45, 7) is 0. The van der Waals surface area contributed by atoms with Crippen molar-refractivity contribution in [1.29, 1.82) is 0 Å². The van der Waals surface area contributed by atoms with Gasteiger partial charge in [-0.1, -0.05) is 0 Å². The molecule has 2 rings (SSSR count). The molecule has 0 amide bonds. The van der Waals surface area contributed by atoms with Gasteiger partial charge >= 0.3 is 12.4 Å². The molecule has 9 heteroatoms. The van der Waals surface area contributed by atoms with Gasteiger partial charge in [-0.2, -0.15) is 26.3 Å². The van der Waals surface area contributed by atoms with Gasteiger partial charge in [0.05, 0.1) is 16.8 Å². The molecule has 0 fully saturated rings. The van der Waals surface area contributed by atoms with Gasteiger partial charge in [-0.05, 0) is 30.3 Å². The lowest BCUT2D eigenvalue weighted by Crippen LogP contribution is -2.11. The van der Waals surface area contributed by atoms with Gasteiger partial charge in [0.2, 0.25) is 0 Å². The molecule has 2 N–H and O–H groups in total. The Morgan fingerprint density at radius 3 is 1.67 bits per heavy atom. The van der Waals surface area contributed by atoms with E-state index in [0.717, 1.165) is 0 Å². The van der Waals surface area contributed by atoms with Gasteiger partial charge in [-0.25, -0.2) is 0 Å². The van der Waals surface area contributed by atoms with Crippen LogP contribution >= 0.6 is 0 Å². The summed E-state index contributed by atoms with van der Waals surface area (Å²) in [5, 5.41) is 6.89. The van der Waals surface area contributed by atoms with Crippen molar-refractivity contribution in [3.63, 3.8) is 0 Å². The first-order valence-electron chi connectivity index (χ1n) is 5.46. The first-order valence-corrected chi connectivity index (χ1v) is 5.46. The van der Waals surface area contributed by atoms with Crippen LogP contribution in [-0.4, -0.2) is 10.2 Å². The lowest BCUT2D eigenvalue weighted by molar-refractivity contribution is -0.143. The van der Waals surface area contributed by atoms with E-state index in [9.17, 15) is 26.3 Å². The summed E-state index contributed by atoms with van der Waals surface area (Å²) >= 11 is 0. The molecule has 1 aromatic carbocycles. The smallest absolute Gasteiger partial charge is 0.382 e. The molecule has 1 heterocycles. The Balaban J connectivity index is 2.63. The van der Waals surface area contributed by atoms with E-state index < -0.39 is 23.5 Å². The van der Waals surface area contributed by atoms with Crippen LogP contribution in [0.5, 0.6) is 0 Å². The fourth-order valence-corrected chi connectivity index (χ4v) is 1.60. The number of anilines is 1. The minimum absolute atomic E-state index is 0.00164. The van der Waals surface area contributed by atoms with Gasteiger partial charge in [0.1, 0.15) is 5.82 Å². The van der Waals surface area contributed by atoms with E-state index in [4.69, 9.17) is 5.73 Å². The zero-order chi connectivity index (χ0) is 15.8. The molecule has 112 valence electrons. The van der Waals surface area contributed by atoms with Gasteiger partial charge in [-0.3, -0.25) is 0 Å². The fraction of sp³-hybridized carbons (Fsp3) is 0.167. The SMILES string of the molecule is Nc1ccc(-c2cc(C(F)(F)F)cc(C(F)(F)F)c2)nn1. The standard InChI is InChI=1S/C12H7F6N3/c13-11(14,15)7-3-6(4-8(5-7)12(16,17)18)9-1-2-10(19)21-20-9/h1-5H,(H2,19,21). The van der Waals surface area contributed by atoms with Crippen molar-refractivity contribution in [2.45, 2.75) is 12.4 Å². The molecule has 21 heavy (non-hydrogen) atoms. The van der Waals surface area contributed by atoms with Gasteiger partial charge in [-0.15, -0.1) is 10.2 Å². The maximum Gasteiger partial charge on any atom is 0.416 e. The quantitative estimate of drug-likeness (QED) is 0.816. The molecule has 0 spiro atoms. The molecule has 0 atom stereocenters. The molecule has 0 aliphatic heterocycles. The van der Waals surface area contributed by atoms with Crippen LogP contribution in [0.4, 0.5) is 32.2 Å². The van der Waals surface area contributed by atoms with Gasteiger partial charge in [0.25, 0.3) is 0 Å². The Morgan fingerprint density at radius 1 is 0.762 bits per heavy atom. The van der Waals surface area contributed by atoms with E-state index >= 15 is 0 Å². The second-order valence-corrected chi connectivity index (χ2v) is 4.14. The highest BCUT2D eigenvalue weighted by Crippen LogP contribution is 2.38. The predicted octanol–water partition coefficient (Wildman–Crippen LogP) is 3.76. The number of hydrogen-bond acceptors (Lipinski definition) is 3. The number of hydrogen-bond donors (Lipinski definition) is 1. The number of alkyl halides is 6. The van der Waals surface area contributed by atoms with E-state index in [0.29, 0.717) is 12.1 Å². The summed E-state index contributed by atoms with van der Waals surface area (Å²) in [7, 11) is 0. The number of nitrogen functional groups attached to an aromatic ring is 1. The molecule has 0 unspecified atom stereocenters. The number of halogens is 6. The molecule has 0 aliphatic rings. The van der Waals surface area contributed by atoms with Gasteiger partial charge < -0.3 is 5.73 Å². The molecule has 0 bridgehead atoms. The lowest BCUT2D eigenvalue weighted by atomic mass is 10.0.